The van der Waals surface area contributed by atoms with Crippen LogP contribution in [0.4, 0.5) is 0 Å². The predicted molar refractivity (Wildman–Crippen MR) is 106 cm³/mol. The van der Waals surface area contributed by atoms with Crippen LogP contribution >= 0.6 is 0 Å². The van der Waals surface area contributed by atoms with E-state index in [0.29, 0.717) is 31.5 Å². The van der Waals surface area contributed by atoms with Crippen LogP contribution in [0, 0.1) is 0 Å². The number of benzene rings is 1. The molecule has 28 heavy (non-hydrogen) atoms. The van der Waals surface area contributed by atoms with Gasteiger partial charge in [0.2, 0.25) is 5.91 Å². The number of nitrogens with one attached hydrogen (secondary N) is 1. The van der Waals surface area contributed by atoms with E-state index in [2.05, 4.69) is 5.32 Å². The molecule has 0 saturated carbocycles. The first-order valence-electron chi connectivity index (χ1n) is 9.92. The lowest BCUT2D eigenvalue weighted by Crippen LogP contribution is -2.55. The van der Waals surface area contributed by atoms with E-state index in [1.807, 2.05) is 44.2 Å². The Morgan fingerprint density at radius 1 is 1.14 bits per heavy atom. The van der Waals surface area contributed by atoms with Crippen LogP contribution in [0.25, 0.3) is 5.57 Å². The van der Waals surface area contributed by atoms with Crippen molar-refractivity contribution in [1.82, 2.24) is 10.2 Å². The number of likely N-dealkylation sites (tertiary alicyclic amines) is 1. The summed E-state index contributed by atoms with van der Waals surface area (Å²) in [5.74, 6) is -0.461. The normalized spacial score (nSPS) is 19.3. The second kappa shape index (κ2) is 8.27. The number of nitrogens with zero attached hydrogens (tertiary/aromatic N) is 1. The van der Waals surface area contributed by atoms with Gasteiger partial charge >= 0.3 is 0 Å². The molecule has 1 fully saturated rings. The molecule has 0 spiro atoms. The molecule has 150 valence electrons. The summed E-state index contributed by atoms with van der Waals surface area (Å²) in [6, 6.07) is 9.67. The third-order valence-corrected chi connectivity index (χ3v) is 5.54. The van der Waals surface area contributed by atoms with Gasteiger partial charge in [-0.2, -0.15) is 0 Å². The molecule has 2 aliphatic rings. The number of hydrogen-bond donors (Lipinski definition) is 2. The van der Waals surface area contributed by atoms with Gasteiger partial charge in [0.1, 0.15) is 5.60 Å². The van der Waals surface area contributed by atoms with Crippen molar-refractivity contribution in [1.29, 1.82) is 0 Å². The van der Waals surface area contributed by atoms with Gasteiger partial charge < -0.3 is 15.3 Å². The van der Waals surface area contributed by atoms with Crippen molar-refractivity contribution < 1.29 is 19.5 Å². The summed E-state index contributed by atoms with van der Waals surface area (Å²) in [7, 11) is 0. The summed E-state index contributed by atoms with van der Waals surface area (Å²) in [5.41, 5.74) is 1.13. The van der Waals surface area contributed by atoms with Crippen LogP contribution in [0.1, 0.15) is 51.5 Å². The van der Waals surface area contributed by atoms with Crippen LogP contribution in [-0.4, -0.2) is 52.3 Å². The van der Waals surface area contributed by atoms with Gasteiger partial charge in [-0.15, -0.1) is 0 Å². The minimum absolute atomic E-state index is 0.0389. The molecule has 0 aromatic heterocycles. The lowest BCUT2D eigenvalue weighted by atomic mass is 9.89. The first-order valence-corrected chi connectivity index (χ1v) is 9.92. The lowest BCUT2D eigenvalue weighted by molar-refractivity contribution is -0.149. The molecule has 1 aromatic carbocycles. The molecule has 2 N–H and O–H groups in total. The molecular weight excluding hydrogens is 356 g/mol. The Morgan fingerprint density at radius 2 is 1.79 bits per heavy atom. The van der Waals surface area contributed by atoms with E-state index < -0.39 is 5.60 Å². The highest BCUT2D eigenvalue weighted by Gasteiger charge is 2.40. The molecule has 0 bridgehead atoms. The van der Waals surface area contributed by atoms with E-state index in [9.17, 15) is 19.5 Å². The standard InChI is InChI=1S/C22H28N2O4/c1-15(2)23-21(27)22(28)10-12-24(13-11-22)20(26)14-18-17(8-9-19(18)25)16-6-4-3-5-7-16/h3-7,15,28H,8-14H2,1-2H3,(H,23,27). The molecule has 0 unspecified atom stereocenters. The van der Waals surface area contributed by atoms with E-state index >= 15 is 0 Å². The fourth-order valence-electron chi connectivity index (χ4n) is 3.88. The third-order valence-electron chi connectivity index (χ3n) is 5.54. The molecule has 2 amide bonds. The number of ketones is 1. The zero-order chi connectivity index (χ0) is 20.3. The minimum atomic E-state index is -1.43. The second-order valence-electron chi connectivity index (χ2n) is 7.96. The van der Waals surface area contributed by atoms with Crippen LogP contribution in [0.5, 0.6) is 0 Å². The summed E-state index contributed by atoms with van der Waals surface area (Å²) in [5, 5.41) is 13.3. The average Bonchev–Trinajstić information content (AvgIpc) is 3.03. The number of amides is 2. The quantitative estimate of drug-likeness (QED) is 0.814. The van der Waals surface area contributed by atoms with Gasteiger partial charge in [0, 0.05) is 44.0 Å². The number of hydrogen-bond acceptors (Lipinski definition) is 4. The molecule has 1 aliphatic heterocycles. The van der Waals surface area contributed by atoms with Crippen molar-refractivity contribution in [3.8, 4) is 0 Å². The van der Waals surface area contributed by atoms with Crippen LogP contribution in [0.3, 0.4) is 0 Å². The summed E-state index contributed by atoms with van der Waals surface area (Å²) in [4.78, 5) is 39.0. The van der Waals surface area contributed by atoms with Gasteiger partial charge in [-0.05, 0) is 31.4 Å². The van der Waals surface area contributed by atoms with E-state index in [0.717, 1.165) is 11.1 Å². The first-order chi connectivity index (χ1) is 13.3. The maximum absolute atomic E-state index is 12.8. The van der Waals surface area contributed by atoms with Gasteiger partial charge in [-0.3, -0.25) is 14.4 Å². The Kier molecular flexibility index (Phi) is 5.98. The highest BCUT2D eigenvalue weighted by Crippen LogP contribution is 2.34. The topological polar surface area (TPSA) is 86.7 Å². The van der Waals surface area contributed by atoms with Gasteiger partial charge in [-0.1, -0.05) is 30.3 Å². The molecule has 6 nitrogen and oxygen atoms in total. The number of Topliss-reactive ketones (excluding diaryl/α,β-unsaturated/α-hetero) is 1. The van der Waals surface area contributed by atoms with Crippen LogP contribution in [0.2, 0.25) is 0 Å². The highest BCUT2D eigenvalue weighted by molar-refractivity contribution is 6.10. The highest BCUT2D eigenvalue weighted by atomic mass is 16.3. The van der Waals surface area contributed by atoms with Crippen LogP contribution in [-0.2, 0) is 14.4 Å². The number of piperidine rings is 1. The van der Waals surface area contributed by atoms with Crippen molar-refractivity contribution in [2.45, 2.75) is 57.6 Å². The van der Waals surface area contributed by atoms with Crippen molar-refractivity contribution in [3.63, 3.8) is 0 Å². The zero-order valence-electron chi connectivity index (χ0n) is 16.5. The van der Waals surface area contributed by atoms with E-state index in [1.54, 1.807) is 4.90 Å². The summed E-state index contributed by atoms with van der Waals surface area (Å²) in [6.07, 6.45) is 1.61. The van der Waals surface area contributed by atoms with Gasteiger partial charge in [-0.25, -0.2) is 0 Å². The molecule has 0 radical (unpaired) electrons. The predicted octanol–water partition coefficient (Wildman–Crippen LogP) is 2.07. The molecule has 1 aromatic rings. The Morgan fingerprint density at radius 3 is 2.39 bits per heavy atom. The van der Waals surface area contributed by atoms with Gasteiger partial charge in [0.05, 0.1) is 6.42 Å². The lowest BCUT2D eigenvalue weighted by Gasteiger charge is -2.37. The maximum Gasteiger partial charge on any atom is 0.252 e. The molecule has 3 rings (SSSR count). The molecular formula is C22H28N2O4. The molecule has 0 atom stereocenters. The molecule has 1 heterocycles. The largest absolute Gasteiger partial charge is 0.380 e. The van der Waals surface area contributed by atoms with Gasteiger partial charge in [0.25, 0.3) is 5.91 Å². The van der Waals surface area contributed by atoms with Crippen molar-refractivity contribution in [3.05, 3.63) is 41.5 Å². The maximum atomic E-state index is 12.8. The number of carbonyl (C=O) groups excluding carboxylic acids is 3. The van der Waals surface area contributed by atoms with Crippen LogP contribution < -0.4 is 5.32 Å². The van der Waals surface area contributed by atoms with Gasteiger partial charge in [0.15, 0.2) is 5.78 Å². The number of carbonyl (C=O) groups is 3. The Bertz CT molecular complexity index is 790. The minimum Gasteiger partial charge on any atom is -0.380 e. The Labute approximate surface area is 165 Å². The van der Waals surface area contributed by atoms with Crippen molar-refractivity contribution >= 4 is 23.2 Å². The number of rotatable bonds is 5. The molecule has 6 heteroatoms. The molecule has 1 saturated heterocycles. The summed E-state index contributed by atoms with van der Waals surface area (Å²) >= 11 is 0. The van der Waals surface area contributed by atoms with Crippen molar-refractivity contribution in [2.75, 3.05) is 13.1 Å². The van der Waals surface area contributed by atoms with E-state index in [1.165, 1.54) is 0 Å². The van der Waals surface area contributed by atoms with Crippen LogP contribution in [0.15, 0.2) is 35.9 Å². The monoisotopic (exact) mass is 384 g/mol. The van der Waals surface area contributed by atoms with E-state index in [-0.39, 0.29) is 42.9 Å². The first kappa shape index (κ1) is 20.3. The fourth-order valence-corrected chi connectivity index (χ4v) is 3.88. The average molecular weight is 384 g/mol. The SMILES string of the molecule is CC(C)NC(=O)C1(O)CCN(C(=O)CC2=C(c3ccccc3)CCC2=O)CC1. The molecule has 1 aliphatic carbocycles. The second-order valence-corrected chi connectivity index (χ2v) is 7.96. The smallest absolute Gasteiger partial charge is 0.252 e. The summed E-state index contributed by atoms with van der Waals surface area (Å²) < 4.78 is 0. The third kappa shape index (κ3) is 4.33. The number of allylic oxidation sites excluding steroid dienone is 1. The summed E-state index contributed by atoms with van der Waals surface area (Å²) in [6.45, 7) is 4.30. The Balaban J connectivity index is 1.66. The van der Waals surface area contributed by atoms with Crippen molar-refractivity contribution in [2.24, 2.45) is 0 Å². The fraction of sp³-hybridized carbons (Fsp3) is 0.500. The number of aliphatic hydroxyl groups is 1. The Hall–Kier alpha value is -2.47. The zero-order valence-corrected chi connectivity index (χ0v) is 16.5. The van der Waals surface area contributed by atoms with E-state index in [4.69, 9.17) is 0 Å².